The number of hydrogen-bond donors (Lipinski definition) is 1. The molecule has 0 bridgehead atoms. The summed E-state index contributed by atoms with van der Waals surface area (Å²) < 4.78 is 1.77. The molecule has 1 aromatic rings. The van der Waals surface area contributed by atoms with Crippen LogP contribution < -0.4 is 5.32 Å². The fourth-order valence-electron chi connectivity index (χ4n) is 2.74. The fraction of sp³-hybridized carbons (Fsp3) is 0.833. The molecule has 1 aliphatic heterocycles. The van der Waals surface area contributed by atoms with Gasteiger partial charge >= 0.3 is 0 Å². The quantitative estimate of drug-likeness (QED) is 0.834. The first-order valence-electron chi connectivity index (χ1n) is 6.47. The van der Waals surface area contributed by atoms with Crippen LogP contribution >= 0.6 is 0 Å². The van der Waals surface area contributed by atoms with Crippen molar-refractivity contribution in [2.24, 2.45) is 13.0 Å². The molecule has 2 rings (SSSR count). The summed E-state index contributed by atoms with van der Waals surface area (Å²) in [4.78, 5) is 2.49. The number of nitrogens with zero attached hydrogens (tertiary/aromatic N) is 4. The number of rotatable bonds is 4. The van der Waals surface area contributed by atoms with E-state index in [1.54, 1.807) is 4.68 Å². The van der Waals surface area contributed by atoms with Gasteiger partial charge in [-0.05, 0) is 19.4 Å². The van der Waals surface area contributed by atoms with Crippen molar-refractivity contribution in [3.63, 3.8) is 0 Å². The maximum Gasteiger partial charge on any atom is 0.0967 e. The van der Waals surface area contributed by atoms with E-state index in [2.05, 4.69) is 34.5 Å². The van der Waals surface area contributed by atoms with Crippen molar-refractivity contribution in [3.8, 4) is 0 Å². The minimum absolute atomic E-state index is 0.679. The molecule has 0 spiro atoms. The summed E-state index contributed by atoms with van der Waals surface area (Å²) in [6.45, 7) is 5.53. The Hall–Kier alpha value is -0.940. The van der Waals surface area contributed by atoms with Gasteiger partial charge in [-0.15, -0.1) is 5.10 Å². The summed E-state index contributed by atoms with van der Waals surface area (Å²) in [7, 11) is 3.99. The molecule has 1 saturated heterocycles. The minimum Gasteiger partial charge on any atom is -0.317 e. The highest BCUT2D eigenvalue weighted by Crippen LogP contribution is 2.20. The SMILES string of the molecule is CCC1CN(Cc2cn(C)nn2)CCC1NC. The van der Waals surface area contributed by atoms with Crippen LogP contribution in [-0.2, 0) is 13.6 Å². The molecule has 96 valence electrons. The number of likely N-dealkylation sites (tertiary alicyclic amines) is 1. The van der Waals surface area contributed by atoms with Crippen LogP contribution in [0.4, 0.5) is 0 Å². The molecule has 0 aromatic carbocycles. The molecule has 0 radical (unpaired) electrons. The highest BCUT2D eigenvalue weighted by molar-refractivity contribution is 4.94. The Balaban J connectivity index is 1.91. The third-order valence-corrected chi connectivity index (χ3v) is 3.75. The number of aromatic nitrogens is 3. The van der Waals surface area contributed by atoms with Gasteiger partial charge in [-0.2, -0.15) is 0 Å². The van der Waals surface area contributed by atoms with Crippen LogP contribution in [0.1, 0.15) is 25.5 Å². The van der Waals surface area contributed by atoms with E-state index in [-0.39, 0.29) is 0 Å². The molecule has 2 heterocycles. The van der Waals surface area contributed by atoms with Gasteiger partial charge in [0.05, 0.1) is 5.69 Å². The van der Waals surface area contributed by atoms with Gasteiger partial charge in [0.2, 0.25) is 0 Å². The van der Waals surface area contributed by atoms with Crippen LogP contribution in [0, 0.1) is 5.92 Å². The molecular formula is C12H23N5. The molecule has 1 fully saturated rings. The normalized spacial score (nSPS) is 26.3. The fourth-order valence-corrected chi connectivity index (χ4v) is 2.74. The summed E-state index contributed by atoms with van der Waals surface area (Å²) in [6, 6.07) is 0.679. The van der Waals surface area contributed by atoms with Gasteiger partial charge < -0.3 is 5.32 Å². The summed E-state index contributed by atoms with van der Waals surface area (Å²) in [5.74, 6) is 0.755. The smallest absolute Gasteiger partial charge is 0.0967 e. The van der Waals surface area contributed by atoms with Crippen LogP contribution in [0.15, 0.2) is 6.20 Å². The summed E-state index contributed by atoms with van der Waals surface area (Å²) >= 11 is 0. The highest BCUT2D eigenvalue weighted by Gasteiger charge is 2.26. The summed E-state index contributed by atoms with van der Waals surface area (Å²) in [6.07, 6.45) is 4.48. The van der Waals surface area contributed by atoms with Crippen LogP contribution in [0.2, 0.25) is 0 Å². The van der Waals surface area contributed by atoms with Gasteiger partial charge in [-0.1, -0.05) is 18.6 Å². The Labute approximate surface area is 103 Å². The lowest BCUT2D eigenvalue weighted by atomic mass is 9.90. The second-order valence-electron chi connectivity index (χ2n) is 4.97. The zero-order valence-corrected chi connectivity index (χ0v) is 11.1. The van der Waals surface area contributed by atoms with Crippen molar-refractivity contribution in [3.05, 3.63) is 11.9 Å². The van der Waals surface area contributed by atoms with Crippen molar-refractivity contribution < 1.29 is 0 Å². The molecule has 17 heavy (non-hydrogen) atoms. The predicted molar refractivity (Wildman–Crippen MR) is 67.5 cm³/mol. The van der Waals surface area contributed by atoms with Crippen molar-refractivity contribution in [2.45, 2.75) is 32.4 Å². The Bertz CT molecular complexity index is 348. The number of hydrogen-bond acceptors (Lipinski definition) is 4. The zero-order valence-electron chi connectivity index (χ0n) is 11.1. The Morgan fingerprint density at radius 2 is 2.35 bits per heavy atom. The molecule has 2 atom stereocenters. The van der Waals surface area contributed by atoms with Gasteiger partial charge in [0.1, 0.15) is 0 Å². The molecule has 0 aliphatic carbocycles. The first-order chi connectivity index (χ1) is 8.22. The van der Waals surface area contributed by atoms with Crippen LogP contribution in [0.25, 0.3) is 0 Å². The molecule has 2 unspecified atom stereocenters. The van der Waals surface area contributed by atoms with E-state index in [4.69, 9.17) is 0 Å². The largest absolute Gasteiger partial charge is 0.317 e. The topological polar surface area (TPSA) is 46.0 Å². The van der Waals surface area contributed by atoms with Crippen LogP contribution in [0.3, 0.4) is 0 Å². The van der Waals surface area contributed by atoms with Gasteiger partial charge in [0, 0.05) is 38.9 Å². The van der Waals surface area contributed by atoms with E-state index in [0.29, 0.717) is 6.04 Å². The molecule has 1 aliphatic rings. The Morgan fingerprint density at radius 1 is 1.53 bits per heavy atom. The third kappa shape index (κ3) is 3.04. The lowest BCUT2D eigenvalue weighted by Crippen LogP contribution is -2.47. The molecular weight excluding hydrogens is 214 g/mol. The van der Waals surface area contributed by atoms with Crippen LogP contribution in [-0.4, -0.2) is 46.1 Å². The second-order valence-corrected chi connectivity index (χ2v) is 4.97. The third-order valence-electron chi connectivity index (χ3n) is 3.75. The van der Waals surface area contributed by atoms with Gasteiger partial charge in [-0.25, -0.2) is 0 Å². The molecule has 1 N–H and O–H groups in total. The average molecular weight is 237 g/mol. The van der Waals surface area contributed by atoms with Gasteiger partial charge in [-0.3, -0.25) is 9.58 Å². The average Bonchev–Trinajstić information content (AvgIpc) is 2.74. The standard InChI is InChI=1S/C12H23N5/c1-4-10-7-17(6-5-12(10)13-2)9-11-8-16(3)15-14-11/h8,10,12-13H,4-7,9H2,1-3H3. The highest BCUT2D eigenvalue weighted by atomic mass is 15.4. The first-order valence-corrected chi connectivity index (χ1v) is 6.47. The molecule has 5 nitrogen and oxygen atoms in total. The van der Waals surface area contributed by atoms with E-state index in [1.807, 2.05) is 13.2 Å². The van der Waals surface area contributed by atoms with Crippen molar-refractivity contribution in [1.82, 2.24) is 25.2 Å². The number of aryl methyl sites for hydroxylation is 1. The van der Waals surface area contributed by atoms with Gasteiger partial charge in [0.25, 0.3) is 0 Å². The molecule has 0 amide bonds. The van der Waals surface area contributed by atoms with E-state index in [9.17, 15) is 0 Å². The van der Waals surface area contributed by atoms with Crippen molar-refractivity contribution in [1.29, 1.82) is 0 Å². The predicted octanol–water partition coefficient (Wildman–Crippen LogP) is 0.635. The molecule has 1 aromatic heterocycles. The van der Waals surface area contributed by atoms with E-state index in [1.165, 1.54) is 19.4 Å². The summed E-state index contributed by atoms with van der Waals surface area (Å²) in [5, 5.41) is 11.6. The molecule has 0 saturated carbocycles. The second kappa shape index (κ2) is 5.60. The minimum atomic E-state index is 0.679. The van der Waals surface area contributed by atoms with Gasteiger partial charge in [0.15, 0.2) is 0 Å². The number of piperidine rings is 1. The lowest BCUT2D eigenvalue weighted by Gasteiger charge is -2.37. The van der Waals surface area contributed by atoms with Crippen molar-refractivity contribution >= 4 is 0 Å². The first kappa shape index (κ1) is 12.5. The molecule has 5 heteroatoms. The lowest BCUT2D eigenvalue weighted by molar-refractivity contribution is 0.131. The maximum atomic E-state index is 4.16. The van der Waals surface area contributed by atoms with E-state index >= 15 is 0 Å². The van der Waals surface area contributed by atoms with E-state index < -0.39 is 0 Å². The maximum absolute atomic E-state index is 4.16. The van der Waals surface area contributed by atoms with Crippen molar-refractivity contribution in [2.75, 3.05) is 20.1 Å². The Kier molecular flexibility index (Phi) is 4.12. The summed E-state index contributed by atoms with van der Waals surface area (Å²) in [5.41, 5.74) is 1.07. The van der Waals surface area contributed by atoms with E-state index in [0.717, 1.165) is 24.7 Å². The monoisotopic (exact) mass is 237 g/mol. The van der Waals surface area contributed by atoms with Crippen LogP contribution in [0.5, 0.6) is 0 Å². The number of nitrogens with one attached hydrogen (secondary N) is 1. The Morgan fingerprint density at radius 3 is 2.94 bits per heavy atom. The zero-order chi connectivity index (χ0) is 12.3.